The van der Waals surface area contributed by atoms with E-state index < -0.39 is 0 Å². The van der Waals surface area contributed by atoms with Crippen molar-refractivity contribution in [3.8, 4) is 0 Å². The van der Waals surface area contributed by atoms with Crippen LogP contribution in [0.2, 0.25) is 0 Å². The van der Waals surface area contributed by atoms with Crippen molar-refractivity contribution in [2.75, 3.05) is 24.2 Å². The number of rotatable bonds is 5. The van der Waals surface area contributed by atoms with E-state index in [1.165, 1.54) is 5.56 Å². The van der Waals surface area contributed by atoms with E-state index in [9.17, 15) is 4.79 Å². The van der Waals surface area contributed by atoms with Gasteiger partial charge in [0.05, 0.1) is 23.4 Å². The Balaban J connectivity index is 1.69. The highest BCUT2D eigenvalue weighted by Crippen LogP contribution is 2.27. The molecule has 1 amide bonds. The summed E-state index contributed by atoms with van der Waals surface area (Å²) in [7, 11) is 0. The van der Waals surface area contributed by atoms with E-state index in [1.54, 1.807) is 6.20 Å². The van der Waals surface area contributed by atoms with Crippen LogP contribution in [0.1, 0.15) is 32.8 Å². The third-order valence-corrected chi connectivity index (χ3v) is 6.00. The van der Waals surface area contributed by atoms with Gasteiger partial charge >= 0.3 is 0 Å². The molecule has 1 fully saturated rings. The number of anilines is 1. The Labute approximate surface area is 159 Å². The SMILES string of the molecule is CC(C)(C)c1ccc2ncc(NC(=O)[C@@H]3C[C@@H](SCCN)CN3)cc2c1. The smallest absolute Gasteiger partial charge is 0.241 e. The first kappa shape index (κ1) is 19.1. The van der Waals surface area contributed by atoms with E-state index >= 15 is 0 Å². The fourth-order valence-electron chi connectivity index (χ4n) is 3.16. The zero-order valence-corrected chi connectivity index (χ0v) is 16.5. The van der Waals surface area contributed by atoms with Crippen LogP contribution in [-0.2, 0) is 10.2 Å². The molecule has 4 N–H and O–H groups in total. The molecule has 2 atom stereocenters. The lowest BCUT2D eigenvalue weighted by atomic mass is 9.86. The summed E-state index contributed by atoms with van der Waals surface area (Å²) < 4.78 is 0. The second kappa shape index (κ2) is 7.94. The standard InChI is InChI=1S/C20H28N4OS/c1-20(2,3)14-4-5-17-13(8-14)9-15(11-22-17)24-19(25)18-10-16(12-23-18)26-7-6-21/h4-5,8-9,11,16,18,23H,6-7,10,12,21H2,1-3H3,(H,24,25)/t16-,18+/m1/s1. The molecular formula is C20H28N4OS. The van der Waals surface area contributed by atoms with Crippen molar-refractivity contribution in [3.05, 3.63) is 36.0 Å². The summed E-state index contributed by atoms with van der Waals surface area (Å²) in [5.74, 6) is 0.944. The van der Waals surface area contributed by atoms with E-state index in [0.29, 0.717) is 11.8 Å². The number of benzene rings is 1. The van der Waals surface area contributed by atoms with Gasteiger partial charge in [-0.05, 0) is 35.6 Å². The Morgan fingerprint density at radius 1 is 1.38 bits per heavy atom. The summed E-state index contributed by atoms with van der Waals surface area (Å²) in [4.78, 5) is 17.0. The number of amides is 1. The van der Waals surface area contributed by atoms with E-state index in [2.05, 4.69) is 48.5 Å². The summed E-state index contributed by atoms with van der Waals surface area (Å²) in [6, 6.07) is 8.17. The molecule has 140 valence electrons. The van der Waals surface area contributed by atoms with Gasteiger partial charge in [0.1, 0.15) is 0 Å². The number of thioether (sulfide) groups is 1. The molecule has 2 heterocycles. The van der Waals surface area contributed by atoms with Gasteiger partial charge in [-0.3, -0.25) is 9.78 Å². The van der Waals surface area contributed by atoms with Gasteiger partial charge in [0.15, 0.2) is 0 Å². The topological polar surface area (TPSA) is 80.0 Å². The average Bonchev–Trinajstić information content (AvgIpc) is 3.07. The Morgan fingerprint density at radius 3 is 2.92 bits per heavy atom. The number of nitrogens with two attached hydrogens (primary N) is 1. The predicted octanol–water partition coefficient (Wildman–Crippen LogP) is 2.89. The third-order valence-electron chi connectivity index (χ3n) is 4.69. The molecule has 1 aromatic heterocycles. The van der Waals surface area contributed by atoms with Crippen LogP contribution >= 0.6 is 11.8 Å². The van der Waals surface area contributed by atoms with Gasteiger partial charge in [0.2, 0.25) is 5.91 Å². The molecule has 1 aliphatic heterocycles. The second-order valence-corrected chi connectivity index (χ2v) is 9.26. The van der Waals surface area contributed by atoms with Crippen LogP contribution in [0.3, 0.4) is 0 Å². The van der Waals surface area contributed by atoms with Gasteiger partial charge in [-0.1, -0.05) is 26.8 Å². The van der Waals surface area contributed by atoms with Crippen molar-refractivity contribution in [2.24, 2.45) is 5.73 Å². The first-order valence-corrected chi connectivity index (χ1v) is 10.2. The Morgan fingerprint density at radius 2 is 2.19 bits per heavy atom. The minimum Gasteiger partial charge on any atom is -0.330 e. The predicted molar refractivity (Wildman–Crippen MR) is 111 cm³/mol. The first-order valence-electron chi connectivity index (χ1n) is 9.13. The Bertz CT molecular complexity index is 787. The van der Waals surface area contributed by atoms with Crippen LogP contribution < -0.4 is 16.4 Å². The average molecular weight is 373 g/mol. The van der Waals surface area contributed by atoms with Crippen LogP contribution in [-0.4, -0.2) is 41.0 Å². The summed E-state index contributed by atoms with van der Waals surface area (Å²) in [6.07, 6.45) is 2.57. The number of pyridine rings is 1. The molecule has 0 spiro atoms. The molecule has 0 unspecified atom stereocenters. The van der Waals surface area contributed by atoms with Gasteiger partial charge in [-0.2, -0.15) is 11.8 Å². The molecule has 0 aliphatic carbocycles. The summed E-state index contributed by atoms with van der Waals surface area (Å²) in [6.45, 7) is 8.11. The van der Waals surface area contributed by atoms with Crippen LogP contribution in [0.15, 0.2) is 30.5 Å². The van der Waals surface area contributed by atoms with Gasteiger partial charge < -0.3 is 16.4 Å². The van der Waals surface area contributed by atoms with Crippen LogP contribution in [0.4, 0.5) is 5.69 Å². The molecule has 0 bridgehead atoms. The number of hydrogen-bond donors (Lipinski definition) is 3. The lowest BCUT2D eigenvalue weighted by molar-refractivity contribution is -0.117. The fourth-order valence-corrected chi connectivity index (χ4v) is 4.17. The molecule has 3 rings (SSSR count). The van der Waals surface area contributed by atoms with Crippen molar-refractivity contribution < 1.29 is 4.79 Å². The normalized spacial score (nSPS) is 20.5. The number of aromatic nitrogens is 1. The van der Waals surface area contributed by atoms with Crippen molar-refractivity contribution >= 4 is 34.3 Å². The van der Waals surface area contributed by atoms with Crippen LogP contribution in [0.25, 0.3) is 10.9 Å². The number of carbonyl (C=O) groups excluding carboxylic acids is 1. The molecular weight excluding hydrogens is 344 g/mol. The Hall–Kier alpha value is -1.63. The second-order valence-electron chi connectivity index (χ2n) is 7.85. The minimum atomic E-state index is -0.151. The number of carbonyl (C=O) groups is 1. The van der Waals surface area contributed by atoms with Crippen molar-refractivity contribution in [1.29, 1.82) is 0 Å². The largest absolute Gasteiger partial charge is 0.330 e. The van der Waals surface area contributed by atoms with Crippen molar-refractivity contribution in [2.45, 2.75) is 43.9 Å². The zero-order valence-electron chi connectivity index (χ0n) is 15.7. The number of hydrogen-bond acceptors (Lipinski definition) is 5. The highest BCUT2D eigenvalue weighted by molar-refractivity contribution is 7.99. The zero-order chi connectivity index (χ0) is 18.7. The molecule has 0 radical (unpaired) electrons. The Kier molecular flexibility index (Phi) is 5.85. The number of nitrogens with zero attached hydrogens (tertiary/aromatic N) is 1. The molecule has 1 aromatic carbocycles. The molecule has 6 heteroatoms. The summed E-state index contributed by atoms with van der Waals surface area (Å²) in [5.41, 5.74) is 8.58. The van der Waals surface area contributed by atoms with Gasteiger partial charge in [-0.15, -0.1) is 0 Å². The van der Waals surface area contributed by atoms with E-state index in [0.717, 1.165) is 35.3 Å². The van der Waals surface area contributed by atoms with Gasteiger partial charge in [-0.25, -0.2) is 0 Å². The van der Waals surface area contributed by atoms with Gasteiger partial charge in [0.25, 0.3) is 0 Å². The molecule has 1 saturated heterocycles. The van der Waals surface area contributed by atoms with Crippen LogP contribution in [0.5, 0.6) is 0 Å². The molecule has 0 saturated carbocycles. The quantitative estimate of drug-likeness (QED) is 0.752. The highest BCUT2D eigenvalue weighted by atomic mass is 32.2. The maximum atomic E-state index is 12.6. The van der Waals surface area contributed by atoms with Crippen molar-refractivity contribution in [3.63, 3.8) is 0 Å². The minimum absolute atomic E-state index is 0.00831. The maximum Gasteiger partial charge on any atom is 0.241 e. The number of nitrogens with one attached hydrogen (secondary N) is 2. The molecule has 2 aromatic rings. The molecule has 1 aliphatic rings. The number of fused-ring (bicyclic) bond motifs is 1. The van der Waals surface area contributed by atoms with Crippen LogP contribution in [0, 0.1) is 0 Å². The molecule has 26 heavy (non-hydrogen) atoms. The fraction of sp³-hybridized carbons (Fsp3) is 0.500. The lowest BCUT2D eigenvalue weighted by Crippen LogP contribution is -2.35. The molecule has 5 nitrogen and oxygen atoms in total. The van der Waals surface area contributed by atoms with Crippen molar-refractivity contribution in [1.82, 2.24) is 10.3 Å². The lowest BCUT2D eigenvalue weighted by Gasteiger charge is -2.19. The van der Waals surface area contributed by atoms with E-state index in [-0.39, 0.29) is 17.4 Å². The van der Waals surface area contributed by atoms with E-state index in [4.69, 9.17) is 5.73 Å². The first-order chi connectivity index (χ1) is 12.4. The maximum absolute atomic E-state index is 12.6. The highest BCUT2D eigenvalue weighted by Gasteiger charge is 2.29. The van der Waals surface area contributed by atoms with E-state index in [1.807, 2.05) is 23.9 Å². The third kappa shape index (κ3) is 4.55. The summed E-state index contributed by atoms with van der Waals surface area (Å²) >= 11 is 1.84. The summed E-state index contributed by atoms with van der Waals surface area (Å²) in [5, 5.41) is 7.82. The monoisotopic (exact) mass is 372 g/mol. The van der Waals surface area contributed by atoms with Gasteiger partial charge in [0, 0.05) is 29.5 Å².